The van der Waals surface area contributed by atoms with Gasteiger partial charge in [0.1, 0.15) is 0 Å². The average Bonchev–Trinajstić information content (AvgIpc) is 2.90. The van der Waals surface area contributed by atoms with Crippen molar-refractivity contribution in [2.45, 2.75) is 39.3 Å². The molecule has 4 heteroatoms. The lowest BCUT2D eigenvalue weighted by molar-refractivity contribution is 0.452. The largest absolute Gasteiger partial charge is 0.301 e. The number of aryl methyl sites for hydroxylation is 1. The molecule has 1 N–H and O–H groups in total. The van der Waals surface area contributed by atoms with Gasteiger partial charge in [0.25, 0.3) is 0 Å². The van der Waals surface area contributed by atoms with E-state index in [1.165, 1.54) is 4.88 Å². The van der Waals surface area contributed by atoms with Gasteiger partial charge in [-0.15, -0.1) is 11.3 Å². The first kappa shape index (κ1) is 13.2. The highest BCUT2D eigenvalue weighted by Crippen LogP contribution is 2.25. The first-order valence-electron chi connectivity index (χ1n) is 6.29. The van der Waals surface area contributed by atoms with Gasteiger partial charge in [0.2, 0.25) is 0 Å². The smallest absolute Gasteiger partial charge is 0.0782 e. The fraction of sp³-hybridized carbons (Fsp3) is 0.429. The van der Waals surface area contributed by atoms with Crippen LogP contribution < -0.4 is 5.32 Å². The quantitative estimate of drug-likeness (QED) is 0.892. The zero-order valence-corrected chi connectivity index (χ0v) is 11.9. The van der Waals surface area contributed by atoms with Crippen LogP contribution in [0.3, 0.4) is 0 Å². The fourth-order valence-corrected chi connectivity index (χ4v) is 2.99. The van der Waals surface area contributed by atoms with Crippen LogP contribution >= 0.6 is 11.3 Å². The Balaban J connectivity index is 2.11. The van der Waals surface area contributed by atoms with E-state index in [1.54, 1.807) is 23.7 Å². The molecule has 0 aliphatic carbocycles. The van der Waals surface area contributed by atoms with Crippen LogP contribution in [0.2, 0.25) is 0 Å². The van der Waals surface area contributed by atoms with Gasteiger partial charge in [-0.25, -0.2) is 0 Å². The Bertz CT molecular complexity index is 482. The van der Waals surface area contributed by atoms with E-state index in [-0.39, 0.29) is 6.04 Å². The lowest BCUT2D eigenvalue weighted by Crippen LogP contribution is -2.25. The molecular formula is C14H19N3S. The molecule has 0 aromatic carbocycles. The third kappa shape index (κ3) is 2.94. The molecule has 2 aromatic heterocycles. The SMILES string of the molecule is CCC(NC(C)c1nccnc1C)c1cccs1. The Morgan fingerprint density at radius 2 is 2.11 bits per heavy atom. The van der Waals surface area contributed by atoms with Gasteiger partial charge in [0, 0.05) is 29.4 Å². The third-order valence-electron chi connectivity index (χ3n) is 3.08. The molecule has 2 aromatic rings. The van der Waals surface area contributed by atoms with E-state index < -0.39 is 0 Å². The highest BCUT2D eigenvalue weighted by atomic mass is 32.1. The van der Waals surface area contributed by atoms with Gasteiger partial charge < -0.3 is 5.32 Å². The second kappa shape index (κ2) is 6.07. The van der Waals surface area contributed by atoms with Crippen molar-refractivity contribution in [2.75, 3.05) is 0 Å². The molecule has 0 aliphatic rings. The molecule has 0 bridgehead atoms. The Kier molecular flexibility index (Phi) is 4.44. The van der Waals surface area contributed by atoms with Gasteiger partial charge in [-0.2, -0.15) is 0 Å². The van der Waals surface area contributed by atoms with E-state index in [0.717, 1.165) is 17.8 Å². The highest BCUT2D eigenvalue weighted by Gasteiger charge is 2.16. The van der Waals surface area contributed by atoms with Crippen molar-refractivity contribution >= 4 is 11.3 Å². The molecule has 0 radical (unpaired) electrons. The molecule has 0 amide bonds. The van der Waals surface area contributed by atoms with Gasteiger partial charge in [0.05, 0.1) is 11.4 Å². The summed E-state index contributed by atoms with van der Waals surface area (Å²) in [5.41, 5.74) is 2.03. The minimum atomic E-state index is 0.214. The molecule has 2 atom stereocenters. The number of hydrogen-bond acceptors (Lipinski definition) is 4. The van der Waals surface area contributed by atoms with Crippen LogP contribution in [0.4, 0.5) is 0 Å². The number of rotatable bonds is 5. The van der Waals surface area contributed by atoms with E-state index in [1.807, 2.05) is 6.92 Å². The Hall–Kier alpha value is -1.26. The van der Waals surface area contributed by atoms with E-state index in [2.05, 4.69) is 46.6 Å². The van der Waals surface area contributed by atoms with Gasteiger partial charge in [0.15, 0.2) is 0 Å². The van der Waals surface area contributed by atoms with Crippen LogP contribution in [0.15, 0.2) is 29.9 Å². The molecule has 0 fully saturated rings. The minimum absolute atomic E-state index is 0.214. The second-order valence-corrected chi connectivity index (χ2v) is 5.37. The summed E-state index contributed by atoms with van der Waals surface area (Å²) in [5.74, 6) is 0. The van der Waals surface area contributed by atoms with E-state index in [9.17, 15) is 0 Å². The zero-order chi connectivity index (χ0) is 13.0. The van der Waals surface area contributed by atoms with E-state index in [4.69, 9.17) is 0 Å². The van der Waals surface area contributed by atoms with Crippen LogP contribution in [0.5, 0.6) is 0 Å². The summed E-state index contributed by atoms with van der Waals surface area (Å²) in [4.78, 5) is 10.1. The molecule has 2 unspecified atom stereocenters. The lowest BCUT2D eigenvalue weighted by atomic mass is 10.1. The predicted octanol–water partition coefficient (Wildman–Crippen LogP) is 3.65. The van der Waals surface area contributed by atoms with Crippen molar-refractivity contribution in [1.29, 1.82) is 0 Å². The first-order valence-corrected chi connectivity index (χ1v) is 7.17. The number of thiophene rings is 1. The number of nitrogens with zero attached hydrogens (tertiary/aromatic N) is 2. The maximum atomic E-state index is 4.43. The van der Waals surface area contributed by atoms with Crippen molar-refractivity contribution in [1.82, 2.24) is 15.3 Å². The van der Waals surface area contributed by atoms with Crippen molar-refractivity contribution in [3.63, 3.8) is 0 Å². The summed E-state index contributed by atoms with van der Waals surface area (Å²) in [6.07, 6.45) is 4.57. The average molecular weight is 261 g/mol. The molecule has 2 heterocycles. The summed E-state index contributed by atoms with van der Waals surface area (Å²) in [6.45, 7) is 6.35. The molecular weight excluding hydrogens is 242 g/mol. The monoisotopic (exact) mass is 261 g/mol. The molecule has 0 saturated heterocycles. The number of nitrogens with one attached hydrogen (secondary N) is 1. The van der Waals surface area contributed by atoms with Crippen LogP contribution in [-0.2, 0) is 0 Å². The summed E-state index contributed by atoms with van der Waals surface area (Å²) >= 11 is 1.80. The van der Waals surface area contributed by atoms with E-state index in [0.29, 0.717) is 6.04 Å². The topological polar surface area (TPSA) is 37.8 Å². The predicted molar refractivity (Wildman–Crippen MR) is 75.7 cm³/mol. The zero-order valence-electron chi connectivity index (χ0n) is 11.1. The first-order chi connectivity index (χ1) is 8.72. The van der Waals surface area contributed by atoms with Gasteiger partial charge in [-0.05, 0) is 31.7 Å². The second-order valence-electron chi connectivity index (χ2n) is 4.39. The van der Waals surface area contributed by atoms with Crippen molar-refractivity contribution in [3.05, 3.63) is 46.2 Å². The minimum Gasteiger partial charge on any atom is -0.301 e. The van der Waals surface area contributed by atoms with Crippen molar-refractivity contribution in [3.8, 4) is 0 Å². The normalized spacial score (nSPS) is 14.4. The summed E-state index contributed by atoms with van der Waals surface area (Å²) in [6, 6.07) is 4.89. The fourth-order valence-electron chi connectivity index (χ4n) is 2.11. The summed E-state index contributed by atoms with van der Waals surface area (Å²) in [7, 11) is 0. The molecule has 2 rings (SSSR count). The van der Waals surface area contributed by atoms with Gasteiger partial charge in [-0.1, -0.05) is 13.0 Å². The molecule has 18 heavy (non-hydrogen) atoms. The Morgan fingerprint density at radius 1 is 1.33 bits per heavy atom. The highest BCUT2D eigenvalue weighted by molar-refractivity contribution is 7.10. The number of aromatic nitrogens is 2. The third-order valence-corrected chi connectivity index (χ3v) is 4.06. The molecule has 96 valence electrons. The number of hydrogen-bond donors (Lipinski definition) is 1. The van der Waals surface area contributed by atoms with Gasteiger partial charge >= 0.3 is 0 Å². The van der Waals surface area contributed by atoms with Crippen LogP contribution in [0, 0.1) is 6.92 Å². The van der Waals surface area contributed by atoms with E-state index >= 15 is 0 Å². The van der Waals surface area contributed by atoms with Crippen LogP contribution in [-0.4, -0.2) is 9.97 Å². The standard InChI is InChI=1S/C14H19N3S/c1-4-12(13-6-5-9-18-13)17-11(3)14-10(2)15-7-8-16-14/h5-9,11-12,17H,4H2,1-3H3. The maximum absolute atomic E-state index is 4.43. The lowest BCUT2D eigenvalue weighted by Gasteiger charge is -2.21. The Labute approximate surface area is 112 Å². The Morgan fingerprint density at radius 3 is 2.72 bits per heavy atom. The molecule has 0 spiro atoms. The molecule has 3 nitrogen and oxygen atoms in total. The molecule has 0 aliphatic heterocycles. The van der Waals surface area contributed by atoms with Crippen LogP contribution in [0.25, 0.3) is 0 Å². The van der Waals surface area contributed by atoms with Gasteiger partial charge in [-0.3, -0.25) is 9.97 Å². The summed E-state index contributed by atoms with van der Waals surface area (Å²) < 4.78 is 0. The van der Waals surface area contributed by atoms with Crippen LogP contribution in [0.1, 0.15) is 48.6 Å². The van der Waals surface area contributed by atoms with Crippen molar-refractivity contribution in [2.24, 2.45) is 0 Å². The maximum Gasteiger partial charge on any atom is 0.0782 e. The summed E-state index contributed by atoms with van der Waals surface area (Å²) in [5, 5.41) is 5.76. The molecule has 0 saturated carbocycles. The van der Waals surface area contributed by atoms with Crippen molar-refractivity contribution < 1.29 is 0 Å².